The monoisotopic (exact) mass is 655 g/mol. The smallest absolute Gasteiger partial charge is 0.0991 e. The first-order valence-electron chi connectivity index (χ1n) is 17.2. The lowest BCUT2D eigenvalue weighted by Gasteiger charge is -2.30. The highest BCUT2D eigenvalue weighted by Gasteiger charge is 2.40. The molecule has 5 aromatic rings. The van der Waals surface area contributed by atoms with E-state index < -0.39 is 0 Å². The molecule has 1 aliphatic heterocycles. The Morgan fingerprint density at radius 2 is 1.71 bits per heavy atom. The molecule has 2 atom stereocenters. The number of hydrogen-bond donors (Lipinski definition) is 0. The molecule has 0 bridgehead atoms. The van der Waals surface area contributed by atoms with Crippen LogP contribution in [0, 0.1) is 34.0 Å². The summed E-state index contributed by atoms with van der Waals surface area (Å²) in [6.07, 6.45) is 18.4. The van der Waals surface area contributed by atoms with Gasteiger partial charge in [-0.15, -0.1) is 0 Å². The summed E-state index contributed by atoms with van der Waals surface area (Å²) in [7, 11) is 0. The minimum Gasteiger partial charge on any atom is -0.333 e. The largest absolute Gasteiger partial charge is 0.333 e. The highest BCUT2D eigenvalue weighted by Crippen LogP contribution is 2.50. The molecule has 0 N–H and O–H groups in total. The number of nitrogens with zero attached hydrogens (tertiary/aromatic N) is 5. The van der Waals surface area contributed by atoms with Crippen molar-refractivity contribution in [1.29, 1.82) is 15.8 Å². The van der Waals surface area contributed by atoms with Crippen LogP contribution >= 0.6 is 0 Å². The van der Waals surface area contributed by atoms with Gasteiger partial charge >= 0.3 is 0 Å². The molecule has 3 aliphatic rings. The van der Waals surface area contributed by atoms with E-state index in [-0.39, 0.29) is 12.0 Å². The number of rotatable bonds is 7. The van der Waals surface area contributed by atoms with Crippen molar-refractivity contribution in [2.45, 2.75) is 31.2 Å². The molecule has 0 amide bonds. The Kier molecular flexibility index (Phi) is 8.13. The summed E-state index contributed by atoms with van der Waals surface area (Å²) in [5.74, 6) is -0.0116. The van der Waals surface area contributed by atoms with Crippen LogP contribution in [0.3, 0.4) is 0 Å². The average molecular weight is 656 g/mol. The van der Waals surface area contributed by atoms with Crippen molar-refractivity contribution < 1.29 is 0 Å². The fourth-order valence-corrected chi connectivity index (χ4v) is 7.92. The topological polar surface area (TPSA) is 79.5 Å². The molecule has 5 nitrogen and oxygen atoms in total. The molecule has 1 aromatic heterocycles. The fraction of sp³-hybridized carbons (Fsp3) is 0.109. The molecule has 0 fully saturated rings. The van der Waals surface area contributed by atoms with Gasteiger partial charge in [0.25, 0.3) is 0 Å². The standard InChI is InChI=1S/C46H33N5/c1-2-34(37-14-3-6-17-41(37)51-42-18-7-4-15-38(42)40-27-33(29-48)22-24-44(40)51)23-21-32(28-47)25-31-11-9-13-36(26-31)50-43-19-8-5-16-39(43)46-35(30-49)12-10-20-45(46)50/h2-5,7-16,18-24,26-27,45-46H,1,6,17,25H2/b32-21+,34-23+. The number of aromatic nitrogens is 1. The van der Waals surface area contributed by atoms with E-state index in [1.807, 2.05) is 72.8 Å². The Bertz CT molecular complexity index is 2580. The van der Waals surface area contributed by atoms with Gasteiger partial charge in [0.1, 0.15) is 0 Å². The van der Waals surface area contributed by atoms with Gasteiger partial charge in [-0.05, 0) is 84.2 Å². The van der Waals surface area contributed by atoms with Crippen molar-refractivity contribution in [1.82, 2.24) is 4.57 Å². The van der Waals surface area contributed by atoms with Gasteiger partial charge < -0.3 is 9.47 Å². The molecule has 2 heterocycles. The van der Waals surface area contributed by atoms with Crippen LogP contribution in [0.5, 0.6) is 0 Å². The van der Waals surface area contributed by atoms with E-state index in [1.54, 1.807) is 0 Å². The maximum absolute atomic E-state index is 10.3. The van der Waals surface area contributed by atoms with Gasteiger partial charge in [0.15, 0.2) is 0 Å². The molecule has 5 heteroatoms. The lowest BCUT2D eigenvalue weighted by atomic mass is 9.85. The van der Waals surface area contributed by atoms with Crippen LogP contribution < -0.4 is 4.90 Å². The molecule has 2 aliphatic carbocycles. The van der Waals surface area contributed by atoms with E-state index in [0.717, 1.165) is 79.6 Å². The van der Waals surface area contributed by atoms with Gasteiger partial charge in [-0.2, -0.15) is 15.8 Å². The molecule has 0 spiro atoms. The number of allylic oxidation sites excluding steroid dienone is 11. The van der Waals surface area contributed by atoms with Crippen LogP contribution in [0.1, 0.15) is 35.4 Å². The predicted octanol–water partition coefficient (Wildman–Crippen LogP) is 10.7. The Balaban J connectivity index is 1.14. The third-order valence-corrected chi connectivity index (χ3v) is 10.2. The van der Waals surface area contributed by atoms with Gasteiger partial charge in [-0.3, -0.25) is 0 Å². The van der Waals surface area contributed by atoms with E-state index in [0.29, 0.717) is 17.6 Å². The Morgan fingerprint density at radius 3 is 2.55 bits per heavy atom. The average Bonchev–Trinajstić information content (AvgIpc) is 3.70. The summed E-state index contributed by atoms with van der Waals surface area (Å²) >= 11 is 0. The quantitative estimate of drug-likeness (QED) is 0.129. The van der Waals surface area contributed by atoms with Crippen LogP contribution in [0.15, 0.2) is 168 Å². The minimum atomic E-state index is -0.0116. The van der Waals surface area contributed by atoms with Gasteiger partial charge in [0.2, 0.25) is 0 Å². The highest BCUT2D eigenvalue weighted by molar-refractivity contribution is 6.10. The van der Waals surface area contributed by atoms with Gasteiger partial charge in [-0.25, -0.2) is 0 Å². The van der Waals surface area contributed by atoms with Crippen LogP contribution in [0.2, 0.25) is 0 Å². The van der Waals surface area contributed by atoms with E-state index >= 15 is 0 Å². The van der Waals surface area contributed by atoms with Crippen LogP contribution in [0.4, 0.5) is 11.4 Å². The second-order valence-corrected chi connectivity index (χ2v) is 13.0. The number of benzene rings is 4. The first-order valence-corrected chi connectivity index (χ1v) is 17.2. The molecule has 51 heavy (non-hydrogen) atoms. The minimum absolute atomic E-state index is 0.00955. The third kappa shape index (κ3) is 5.41. The van der Waals surface area contributed by atoms with Crippen LogP contribution in [0.25, 0.3) is 27.5 Å². The molecular weight excluding hydrogens is 623 g/mol. The summed E-state index contributed by atoms with van der Waals surface area (Å²) in [5, 5.41) is 32.0. The van der Waals surface area contributed by atoms with Crippen molar-refractivity contribution >= 4 is 38.9 Å². The SMILES string of the molecule is C=C/C(=C\C=C(\C#N)Cc1cccc(N2c3ccccc3C3C(C#N)=CC=CC32)c1)C1=C(n2c3ccccc3c3cc(C#N)ccc32)CCC=C1. The molecule has 0 saturated heterocycles. The van der Waals surface area contributed by atoms with Gasteiger partial charge in [0.05, 0.1) is 40.8 Å². The normalized spacial score (nSPS) is 18.2. The maximum atomic E-state index is 10.3. The molecule has 242 valence electrons. The zero-order valence-electron chi connectivity index (χ0n) is 28.0. The second kappa shape index (κ2) is 13.2. The van der Waals surface area contributed by atoms with Crippen molar-refractivity contribution in [2.24, 2.45) is 0 Å². The number of nitriles is 3. The first-order chi connectivity index (χ1) is 25.1. The summed E-state index contributed by atoms with van der Waals surface area (Å²) in [6, 6.07) is 38.1. The molecule has 4 aromatic carbocycles. The van der Waals surface area contributed by atoms with Crippen molar-refractivity contribution in [2.75, 3.05) is 4.90 Å². The Hall–Kier alpha value is -6.87. The summed E-state index contributed by atoms with van der Waals surface area (Å²) in [4.78, 5) is 2.31. The number of para-hydroxylation sites is 2. The molecule has 2 unspecified atom stereocenters. The summed E-state index contributed by atoms with van der Waals surface area (Å²) in [6.45, 7) is 4.18. The zero-order valence-corrected chi connectivity index (χ0v) is 28.0. The van der Waals surface area contributed by atoms with Crippen LogP contribution in [-0.2, 0) is 6.42 Å². The summed E-state index contributed by atoms with van der Waals surface area (Å²) in [5.41, 5.74) is 11.7. The maximum Gasteiger partial charge on any atom is 0.0991 e. The summed E-state index contributed by atoms with van der Waals surface area (Å²) < 4.78 is 2.32. The first kappa shape index (κ1) is 31.4. The highest BCUT2D eigenvalue weighted by atomic mass is 15.2. The van der Waals surface area contributed by atoms with Gasteiger partial charge in [-0.1, -0.05) is 91.6 Å². The third-order valence-electron chi connectivity index (χ3n) is 10.2. The van der Waals surface area contributed by atoms with E-state index in [4.69, 9.17) is 0 Å². The number of hydrogen-bond acceptors (Lipinski definition) is 4. The lowest BCUT2D eigenvalue weighted by molar-refractivity contribution is 0.724. The van der Waals surface area contributed by atoms with Gasteiger partial charge in [0, 0.05) is 56.9 Å². The van der Waals surface area contributed by atoms with Crippen molar-refractivity contribution in [3.05, 3.63) is 185 Å². The second-order valence-electron chi connectivity index (χ2n) is 13.0. The fourth-order valence-electron chi connectivity index (χ4n) is 7.92. The lowest BCUT2D eigenvalue weighted by Crippen LogP contribution is -2.30. The van der Waals surface area contributed by atoms with Crippen LogP contribution in [-0.4, -0.2) is 10.6 Å². The molecule has 0 saturated carbocycles. The van der Waals surface area contributed by atoms with Crippen molar-refractivity contribution in [3.8, 4) is 18.2 Å². The Morgan fingerprint density at radius 1 is 0.863 bits per heavy atom. The predicted molar refractivity (Wildman–Crippen MR) is 206 cm³/mol. The van der Waals surface area contributed by atoms with Crippen molar-refractivity contribution in [3.63, 3.8) is 0 Å². The van der Waals surface area contributed by atoms with E-state index in [1.165, 1.54) is 0 Å². The number of fused-ring (bicyclic) bond motifs is 6. The zero-order chi connectivity index (χ0) is 34.9. The Labute approximate surface area is 297 Å². The molecule has 8 rings (SSSR count). The van der Waals surface area contributed by atoms with E-state index in [9.17, 15) is 15.8 Å². The van der Waals surface area contributed by atoms with E-state index in [2.05, 4.69) is 101 Å². The molecule has 0 radical (unpaired) electrons. The molecular formula is C46H33N5. The number of anilines is 2.